The van der Waals surface area contributed by atoms with Crippen molar-refractivity contribution in [1.29, 1.82) is 0 Å². The summed E-state index contributed by atoms with van der Waals surface area (Å²) in [4.78, 5) is 37.6. The lowest BCUT2D eigenvalue weighted by Gasteiger charge is -2.36. The van der Waals surface area contributed by atoms with Gasteiger partial charge in [-0.1, -0.05) is 30.1 Å². The fourth-order valence-electron chi connectivity index (χ4n) is 2.99. The van der Waals surface area contributed by atoms with E-state index in [0.717, 1.165) is 0 Å². The molecule has 8 nitrogen and oxygen atoms in total. The highest BCUT2D eigenvalue weighted by Gasteiger charge is 2.39. The molecule has 1 heterocycles. The maximum Gasteiger partial charge on any atom is 0.271 e. The van der Waals surface area contributed by atoms with Crippen LogP contribution in [0.1, 0.15) is 20.3 Å². The summed E-state index contributed by atoms with van der Waals surface area (Å²) in [6, 6.07) is 7.55. The zero-order valence-electron chi connectivity index (χ0n) is 15.5. The number of benzene rings is 2. The van der Waals surface area contributed by atoms with Crippen LogP contribution in [0.15, 0.2) is 36.4 Å². The van der Waals surface area contributed by atoms with Gasteiger partial charge < -0.3 is 10.1 Å². The van der Waals surface area contributed by atoms with Crippen LogP contribution < -0.4 is 15.0 Å². The average molecular weight is 438 g/mol. The topological polar surface area (TPSA) is 102 Å². The molecule has 0 aromatic heterocycles. The number of hydrogen-bond donors (Lipinski definition) is 1. The fourth-order valence-corrected chi connectivity index (χ4v) is 3.33. The monoisotopic (exact) mass is 437 g/mol. The Morgan fingerprint density at radius 2 is 2.03 bits per heavy atom. The zero-order valence-corrected chi connectivity index (χ0v) is 17.0. The molecule has 152 valence electrons. The average Bonchev–Trinajstić information content (AvgIpc) is 2.69. The number of carbonyl (C=O) groups is 2. The first-order valence-electron chi connectivity index (χ1n) is 8.77. The minimum Gasteiger partial charge on any atom is -0.478 e. The van der Waals surface area contributed by atoms with Crippen LogP contribution >= 0.6 is 23.2 Å². The van der Waals surface area contributed by atoms with E-state index in [-0.39, 0.29) is 16.4 Å². The van der Waals surface area contributed by atoms with Crippen LogP contribution in [0.3, 0.4) is 0 Å². The van der Waals surface area contributed by atoms with E-state index in [4.69, 9.17) is 27.9 Å². The lowest BCUT2D eigenvalue weighted by molar-refractivity contribution is -0.384. The summed E-state index contributed by atoms with van der Waals surface area (Å²) < 4.78 is 5.66. The molecule has 2 amide bonds. The first kappa shape index (κ1) is 20.9. The van der Waals surface area contributed by atoms with E-state index in [1.165, 1.54) is 42.2 Å². The van der Waals surface area contributed by atoms with Gasteiger partial charge in [0, 0.05) is 17.2 Å². The lowest BCUT2D eigenvalue weighted by atomic mass is 10.1. The van der Waals surface area contributed by atoms with E-state index in [1.54, 1.807) is 13.0 Å². The number of ether oxygens (including phenoxy) is 1. The van der Waals surface area contributed by atoms with E-state index < -0.39 is 28.9 Å². The highest BCUT2D eigenvalue weighted by atomic mass is 35.5. The van der Waals surface area contributed by atoms with Gasteiger partial charge in [0.1, 0.15) is 11.8 Å². The number of halogens is 2. The number of hydrogen-bond acceptors (Lipinski definition) is 5. The van der Waals surface area contributed by atoms with Crippen molar-refractivity contribution in [1.82, 2.24) is 0 Å². The number of nitro benzene ring substituents is 1. The molecule has 0 fully saturated rings. The molecule has 2 atom stereocenters. The number of nitrogens with zero attached hydrogens (tertiary/aromatic N) is 2. The Labute approximate surface area is 176 Å². The van der Waals surface area contributed by atoms with Gasteiger partial charge in [-0.2, -0.15) is 0 Å². The van der Waals surface area contributed by atoms with Gasteiger partial charge in [0.05, 0.1) is 21.3 Å². The zero-order chi connectivity index (χ0) is 21.3. The van der Waals surface area contributed by atoms with Crippen molar-refractivity contribution < 1.29 is 19.2 Å². The molecule has 2 unspecified atom stereocenters. The molecule has 0 saturated heterocycles. The van der Waals surface area contributed by atoms with E-state index in [2.05, 4.69) is 5.32 Å². The van der Waals surface area contributed by atoms with Gasteiger partial charge in [-0.3, -0.25) is 24.6 Å². The molecule has 3 rings (SSSR count). The molecule has 0 saturated carbocycles. The number of fused-ring (bicyclic) bond motifs is 1. The van der Waals surface area contributed by atoms with Crippen molar-refractivity contribution in [3.05, 3.63) is 56.6 Å². The predicted octanol–water partition coefficient (Wildman–Crippen LogP) is 4.43. The summed E-state index contributed by atoms with van der Waals surface area (Å²) in [5.74, 6) is -0.695. The molecule has 10 heteroatoms. The molecule has 1 N–H and O–H groups in total. The van der Waals surface area contributed by atoms with Gasteiger partial charge in [-0.05, 0) is 37.6 Å². The standard InChI is InChI=1S/C19H17Cl2N3O5/c1-3-16-19(26)23(15-9-12(24(27)28)5-7-17(15)29-16)10(2)18(25)22-14-8-11(20)4-6-13(14)21/h4-10,16H,3H2,1-2H3,(H,22,25). The van der Waals surface area contributed by atoms with Gasteiger partial charge in [0.25, 0.3) is 11.6 Å². The molecule has 2 aromatic rings. The molecular weight excluding hydrogens is 421 g/mol. The van der Waals surface area contributed by atoms with E-state index in [1.807, 2.05) is 0 Å². The van der Waals surface area contributed by atoms with Crippen LogP contribution in [-0.2, 0) is 9.59 Å². The molecule has 1 aliphatic rings. The third-order valence-corrected chi connectivity index (χ3v) is 5.08. The molecule has 0 bridgehead atoms. The Bertz CT molecular complexity index is 998. The van der Waals surface area contributed by atoms with E-state index in [9.17, 15) is 19.7 Å². The second-order valence-electron chi connectivity index (χ2n) is 6.42. The quantitative estimate of drug-likeness (QED) is 0.550. The van der Waals surface area contributed by atoms with Crippen LogP contribution in [0.5, 0.6) is 5.75 Å². The SMILES string of the molecule is CCC1Oc2ccc([N+](=O)[O-])cc2N(C(C)C(=O)Nc2cc(Cl)ccc2Cl)C1=O. The summed E-state index contributed by atoms with van der Waals surface area (Å²) >= 11 is 12.0. The van der Waals surface area contributed by atoms with Crippen molar-refractivity contribution in [2.75, 3.05) is 10.2 Å². The summed E-state index contributed by atoms with van der Waals surface area (Å²) in [5, 5.41) is 14.5. The number of nitrogens with one attached hydrogen (secondary N) is 1. The van der Waals surface area contributed by atoms with Gasteiger partial charge in [-0.15, -0.1) is 0 Å². The first-order chi connectivity index (χ1) is 13.7. The van der Waals surface area contributed by atoms with Gasteiger partial charge in [-0.25, -0.2) is 0 Å². The Balaban J connectivity index is 1.97. The Hall–Kier alpha value is -2.84. The summed E-state index contributed by atoms with van der Waals surface area (Å²) in [6.45, 7) is 3.29. The number of nitro groups is 1. The van der Waals surface area contributed by atoms with Crippen LogP contribution in [0.25, 0.3) is 0 Å². The number of rotatable bonds is 5. The van der Waals surface area contributed by atoms with Crippen molar-refractivity contribution in [2.45, 2.75) is 32.4 Å². The maximum absolute atomic E-state index is 12.9. The third-order valence-electron chi connectivity index (χ3n) is 4.52. The molecule has 0 aliphatic carbocycles. The molecule has 0 spiro atoms. The molecular formula is C19H17Cl2N3O5. The number of anilines is 2. The van der Waals surface area contributed by atoms with Crippen LogP contribution in [-0.4, -0.2) is 28.9 Å². The highest BCUT2D eigenvalue weighted by Crippen LogP contribution is 2.39. The van der Waals surface area contributed by atoms with Gasteiger partial charge >= 0.3 is 0 Å². The second-order valence-corrected chi connectivity index (χ2v) is 7.27. The normalized spacial score (nSPS) is 16.6. The number of non-ortho nitro benzene ring substituents is 1. The van der Waals surface area contributed by atoms with Gasteiger partial charge in [0.15, 0.2) is 6.10 Å². The maximum atomic E-state index is 12.9. The van der Waals surface area contributed by atoms with Crippen LogP contribution in [0, 0.1) is 10.1 Å². The van der Waals surface area contributed by atoms with Crippen molar-refractivity contribution in [3.63, 3.8) is 0 Å². The van der Waals surface area contributed by atoms with Gasteiger partial charge in [0.2, 0.25) is 5.91 Å². The minimum absolute atomic E-state index is 0.161. The Morgan fingerprint density at radius 1 is 1.31 bits per heavy atom. The number of amides is 2. The fraction of sp³-hybridized carbons (Fsp3) is 0.263. The highest BCUT2D eigenvalue weighted by molar-refractivity contribution is 6.35. The smallest absolute Gasteiger partial charge is 0.271 e. The van der Waals surface area contributed by atoms with Crippen molar-refractivity contribution in [3.8, 4) is 5.75 Å². The van der Waals surface area contributed by atoms with Crippen LogP contribution in [0.2, 0.25) is 10.0 Å². The predicted molar refractivity (Wildman–Crippen MR) is 110 cm³/mol. The van der Waals surface area contributed by atoms with Crippen LogP contribution in [0.4, 0.5) is 17.1 Å². The molecule has 0 radical (unpaired) electrons. The molecule has 1 aliphatic heterocycles. The second kappa shape index (κ2) is 8.26. The Morgan fingerprint density at radius 3 is 2.69 bits per heavy atom. The number of carbonyl (C=O) groups excluding carboxylic acids is 2. The Kier molecular flexibility index (Phi) is 5.95. The summed E-state index contributed by atoms with van der Waals surface area (Å²) in [6.07, 6.45) is -0.422. The first-order valence-corrected chi connectivity index (χ1v) is 9.52. The lowest BCUT2D eigenvalue weighted by Crippen LogP contribution is -2.53. The molecule has 29 heavy (non-hydrogen) atoms. The minimum atomic E-state index is -0.990. The summed E-state index contributed by atoms with van der Waals surface area (Å²) in [7, 11) is 0. The van der Waals surface area contributed by atoms with Crippen molar-refractivity contribution >= 4 is 52.1 Å². The largest absolute Gasteiger partial charge is 0.478 e. The van der Waals surface area contributed by atoms with Crippen molar-refractivity contribution in [2.24, 2.45) is 0 Å². The van der Waals surface area contributed by atoms with E-state index in [0.29, 0.717) is 22.9 Å². The summed E-state index contributed by atoms with van der Waals surface area (Å²) in [5.41, 5.74) is 0.238. The molecule has 2 aromatic carbocycles. The van der Waals surface area contributed by atoms with E-state index >= 15 is 0 Å². The third kappa shape index (κ3) is 4.13.